The van der Waals surface area contributed by atoms with Crippen LogP contribution in [0.15, 0.2) is 60.9 Å². The number of pyridine rings is 1. The Kier molecular flexibility index (Phi) is 6.94. The fourth-order valence-corrected chi connectivity index (χ4v) is 3.70. The molecule has 1 fully saturated rings. The maximum absolute atomic E-state index is 11.5. The van der Waals surface area contributed by atoms with E-state index in [1.165, 1.54) is 5.56 Å². The average Bonchev–Trinajstić information content (AvgIpc) is 3.49. The number of carbonyl (C=O) groups excluding carboxylic acids is 1. The van der Waals surface area contributed by atoms with E-state index < -0.39 is 0 Å². The summed E-state index contributed by atoms with van der Waals surface area (Å²) in [5.74, 6) is 1.62. The van der Waals surface area contributed by atoms with Gasteiger partial charge in [-0.05, 0) is 31.8 Å². The van der Waals surface area contributed by atoms with Crippen molar-refractivity contribution >= 4 is 23.1 Å². The summed E-state index contributed by atoms with van der Waals surface area (Å²) in [5, 5.41) is 7.72. The second kappa shape index (κ2) is 10.2. The molecule has 1 aliphatic heterocycles. The Balaban J connectivity index is 0.000000207. The van der Waals surface area contributed by atoms with Gasteiger partial charge in [0.2, 0.25) is 0 Å². The minimum absolute atomic E-state index is 0.643. The molecule has 1 aromatic carbocycles. The number of hydrogen-bond donors (Lipinski definition) is 1. The minimum Gasteiger partial charge on any atom is -0.378 e. The third kappa shape index (κ3) is 5.04. The number of nitrogens with zero attached hydrogens (tertiary/aromatic N) is 5. The smallest absolute Gasteiger partial charge is 0.150 e. The molecule has 4 aromatic rings. The number of rotatable bonds is 5. The first-order valence-corrected chi connectivity index (χ1v) is 10.6. The number of aromatic nitrogens is 4. The lowest BCUT2D eigenvalue weighted by atomic mass is 10.2. The number of morpholine rings is 1. The first-order chi connectivity index (χ1) is 15.7. The van der Waals surface area contributed by atoms with Crippen LogP contribution in [0.1, 0.15) is 15.9 Å². The molecule has 1 saturated heterocycles. The average molecular weight is 433 g/mol. The van der Waals surface area contributed by atoms with Crippen molar-refractivity contribution in [2.45, 2.75) is 6.54 Å². The molecular weight excluding hydrogens is 404 g/mol. The van der Waals surface area contributed by atoms with Gasteiger partial charge in [-0.25, -0.2) is 4.98 Å². The van der Waals surface area contributed by atoms with E-state index in [1.807, 2.05) is 35.0 Å². The highest BCUT2D eigenvalue weighted by molar-refractivity contribution is 5.97. The van der Waals surface area contributed by atoms with Crippen LogP contribution in [0, 0.1) is 0 Å². The number of fused-ring (bicyclic) bond motifs is 1. The molecule has 0 saturated carbocycles. The third-order valence-electron chi connectivity index (χ3n) is 5.22. The van der Waals surface area contributed by atoms with Crippen LogP contribution in [0.25, 0.3) is 16.9 Å². The fraction of sp³-hybridized carbons (Fsp3) is 0.292. The topological polar surface area (TPSA) is 79.3 Å². The molecule has 0 radical (unpaired) electrons. The van der Waals surface area contributed by atoms with Crippen LogP contribution in [-0.2, 0) is 11.3 Å². The molecule has 0 aliphatic carbocycles. The Hall–Kier alpha value is -3.49. The van der Waals surface area contributed by atoms with Gasteiger partial charge >= 0.3 is 0 Å². The van der Waals surface area contributed by atoms with Crippen molar-refractivity contribution in [3.05, 3.63) is 72.1 Å². The van der Waals surface area contributed by atoms with Gasteiger partial charge in [0.25, 0.3) is 0 Å². The van der Waals surface area contributed by atoms with Crippen LogP contribution in [-0.4, -0.2) is 71.3 Å². The largest absolute Gasteiger partial charge is 0.378 e. The number of aldehydes is 1. The normalized spacial score (nSPS) is 13.8. The second-order valence-electron chi connectivity index (χ2n) is 7.88. The molecule has 1 N–H and O–H groups in total. The zero-order valence-electron chi connectivity index (χ0n) is 18.4. The van der Waals surface area contributed by atoms with Crippen LogP contribution in [0.3, 0.4) is 0 Å². The van der Waals surface area contributed by atoms with E-state index in [0.29, 0.717) is 18.8 Å². The first-order valence-electron chi connectivity index (χ1n) is 10.6. The van der Waals surface area contributed by atoms with E-state index in [-0.39, 0.29) is 0 Å². The lowest BCUT2D eigenvalue weighted by Gasteiger charge is -2.28. The third-order valence-corrected chi connectivity index (χ3v) is 5.22. The molecule has 0 bridgehead atoms. The lowest BCUT2D eigenvalue weighted by molar-refractivity contribution is 0.112. The van der Waals surface area contributed by atoms with E-state index in [0.717, 1.165) is 48.6 Å². The summed E-state index contributed by atoms with van der Waals surface area (Å²) in [6.45, 7) is 3.94. The number of nitrogens with one attached hydrogen (secondary N) is 1. The molecule has 5 rings (SSSR count). The van der Waals surface area contributed by atoms with Gasteiger partial charge in [-0.1, -0.05) is 30.3 Å². The van der Waals surface area contributed by atoms with E-state index in [1.54, 1.807) is 6.20 Å². The van der Waals surface area contributed by atoms with E-state index in [4.69, 9.17) is 9.72 Å². The second-order valence-corrected chi connectivity index (χ2v) is 7.88. The van der Waals surface area contributed by atoms with Crippen LogP contribution >= 0.6 is 0 Å². The van der Waals surface area contributed by atoms with Crippen molar-refractivity contribution in [2.24, 2.45) is 0 Å². The summed E-state index contributed by atoms with van der Waals surface area (Å²) < 4.78 is 7.28. The molecule has 0 amide bonds. The molecule has 0 atom stereocenters. The van der Waals surface area contributed by atoms with Gasteiger partial charge < -0.3 is 14.5 Å². The molecule has 0 unspecified atom stereocenters. The van der Waals surface area contributed by atoms with Crippen LogP contribution in [0.2, 0.25) is 0 Å². The summed E-state index contributed by atoms with van der Waals surface area (Å²) in [4.78, 5) is 20.5. The SMILES string of the molecule is CN(C)Cc1ccccc1.O=Cc1cc(N2CCOCC2)nc2c1ccn2-c1ccn[nH]1. The zero-order chi connectivity index (χ0) is 22.3. The predicted octanol–water partition coefficient (Wildman–Crippen LogP) is 3.15. The Bertz CT molecular complexity index is 1130. The molecule has 32 heavy (non-hydrogen) atoms. The maximum Gasteiger partial charge on any atom is 0.150 e. The number of benzene rings is 1. The molecule has 8 nitrogen and oxygen atoms in total. The highest BCUT2D eigenvalue weighted by Crippen LogP contribution is 2.25. The highest BCUT2D eigenvalue weighted by atomic mass is 16.5. The standard InChI is InChI=1S/C15H15N5O2.C9H13N/c21-10-11-9-14(19-5-7-22-8-6-19)17-15-12(11)2-4-20(15)13-1-3-16-18-13;1-10(2)8-9-6-4-3-5-7-9/h1-4,9-10H,5-8H2,(H,16,18);3-7H,8H2,1-2H3. The zero-order valence-corrected chi connectivity index (χ0v) is 18.4. The van der Waals surface area contributed by atoms with Crippen LogP contribution < -0.4 is 4.90 Å². The summed E-state index contributed by atoms with van der Waals surface area (Å²) >= 11 is 0. The Morgan fingerprint density at radius 3 is 2.56 bits per heavy atom. The predicted molar refractivity (Wildman–Crippen MR) is 125 cm³/mol. The van der Waals surface area contributed by atoms with Crippen molar-refractivity contribution in [1.82, 2.24) is 24.6 Å². The Morgan fingerprint density at radius 1 is 1.12 bits per heavy atom. The molecule has 0 spiro atoms. The number of anilines is 1. The number of aromatic amines is 1. The van der Waals surface area contributed by atoms with Gasteiger partial charge in [0.05, 0.1) is 19.4 Å². The maximum atomic E-state index is 11.5. The minimum atomic E-state index is 0.643. The van der Waals surface area contributed by atoms with Crippen molar-refractivity contribution in [3.8, 4) is 5.82 Å². The van der Waals surface area contributed by atoms with Gasteiger partial charge in [-0.3, -0.25) is 14.5 Å². The van der Waals surface area contributed by atoms with Crippen molar-refractivity contribution < 1.29 is 9.53 Å². The number of carbonyl (C=O) groups is 1. The number of H-pyrrole nitrogens is 1. The van der Waals surface area contributed by atoms with Crippen molar-refractivity contribution in [3.63, 3.8) is 0 Å². The summed E-state index contributed by atoms with van der Waals surface area (Å²) in [7, 11) is 4.15. The molecule has 166 valence electrons. The van der Waals surface area contributed by atoms with Gasteiger partial charge in [-0.2, -0.15) is 5.10 Å². The first kappa shape index (κ1) is 21.7. The Labute approximate surface area is 187 Å². The molecule has 3 aromatic heterocycles. The van der Waals surface area contributed by atoms with E-state index in [2.05, 4.69) is 58.4 Å². The van der Waals surface area contributed by atoms with Crippen LogP contribution in [0.4, 0.5) is 5.82 Å². The fourth-order valence-electron chi connectivity index (χ4n) is 3.70. The van der Waals surface area contributed by atoms with Gasteiger partial charge in [0.1, 0.15) is 17.3 Å². The summed E-state index contributed by atoms with van der Waals surface area (Å²) in [6, 6.07) is 16.1. The molecule has 1 aliphatic rings. The highest BCUT2D eigenvalue weighted by Gasteiger charge is 2.17. The van der Waals surface area contributed by atoms with Crippen LogP contribution in [0.5, 0.6) is 0 Å². The van der Waals surface area contributed by atoms with Gasteiger partial charge in [0, 0.05) is 42.8 Å². The molecular formula is C24H28N6O2. The van der Waals surface area contributed by atoms with Gasteiger partial charge in [-0.15, -0.1) is 0 Å². The Morgan fingerprint density at radius 2 is 1.91 bits per heavy atom. The molecule has 8 heteroatoms. The number of hydrogen-bond acceptors (Lipinski definition) is 6. The van der Waals surface area contributed by atoms with E-state index >= 15 is 0 Å². The quantitative estimate of drug-likeness (QED) is 0.488. The van der Waals surface area contributed by atoms with Crippen molar-refractivity contribution in [2.75, 3.05) is 45.3 Å². The lowest BCUT2D eigenvalue weighted by Crippen LogP contribution is -2.36. The van der Waals surface area contributed by atoms with Gasteiger partial charge in [0.15, 0.2) is 6.29 Å². The summed E-state index contributed by atoms with van der Waals surface area (Å²) in [5.41, 5.74) is 2.76. The monoisotopic (exact) mass is 432 g/mol. The summed E-state index contributed by atoms with van der Waals surface area (Å²) in [6.07, 6.45) is 4.46. The number of ether oxygens (including phenoxy) is 1. The van der Waals surface area contributed by atoms with E-state index in [9.17, 15) is 4.79 Å². The molecule has 4 heterocycles. The van der Waals surface area contributed by atoms with Crippen molar-refractivity contribution in [1.29, 1.82) is 0 Å².